The summed E-state index contributed by atoms with van der Waals surface area (Å²) in [6.07, 6.45) is 2.08. The molecule has 2 aromatic heterocycles. The Hall–Kier alpha value is -5.49. The molecule has 0 saturated heterocycles. The lowest BCUT2D eigenvalue weighted by Crippen LogP contribution is -2.38. The molecule has 0 unspecified atom stereocenters. The molecular formula is C37H30N4O2. The molecule has 6 heteroatoms. The van der Waals surface area contributed by atoms with E-state index >= 15 is 0 Å². The second kappa shape index (κ2) is 10.7. The zero-order valence-corrected chi connectivity index (χ0v) is 24.0. The van der Waals surface area contributed by atoms with Crippen molar-refractivity contribution >= 4 is 27.8 Å². The summed E-state index contributed by atoms with van der Waals surface area (Å²) in [6.45, 7) is 4.13. The molecule has 0 spiro atoms. The topological polar surface area (TPSA) is 72.8 Å². The van der Waals surface area contributed by atoms with Gasteiger partial charge in [-0.25, -0.2) is 4.79 Å². The smallest absolute Gasteiger partial charge is 0.359 e. The fourth-order valence-electron chi connectivity index (χ4n) is 6.08. The van der Waals surface area contributed by atoms with Gasteiger partial charge in [0.15, 0.2) is 5.69 Å². The third kappa shape index (κ3) is 4.30. The first-order valence-electron chi connectivity index (χ1n) is 14.4. The molecule has 7 rings (SSSR count). The first kappa shape index (κ1) is 26.4. The lowest BCUT2D eigenvalue weighted by molar-refractivity contribution is 0.0521. The number of carbonyl (C=O) groups is 1. The van der Waals surface area contributed by atoms with Crippen molar-refractivity contribution in [2.75, 3.05) is 6.61 Å². The number of hydrogen-bond donors (Lipinski definition) is 1. The van der Waals surface area contributed by atoms with Gasteiger partial charge >= 0.3 is 5.97 Å². The Morgan fingerprint density at radius 2 is 1.35 bits per heavy atom. The second-order valence-electron chi connectivity index (χ2n) is 10.6. The summed E-state index contributed by atoms with van der Waals surface area (Å²) in [5, 5.41) is 14.5. The van der Waals surface area contributed by atoms with Crippen molar-refractivity contribution in [2.24, 2.45) is 0 Å². The van der Waals surface area contributed by atoms with E-state index in [2.05, 4.69) is 125 Å². The molecule has 0 amide bonds. The molecule has 0 bridgehead atoms. The van der Waals surface area contributed by atoms with E-state index in [-0.39, 0.29) is 12.3 Å². The summed E-state index contributed by atoms with van der Waals surface area (Å²) in [7, 11) is 0. The summed E-state index contributed by atoms with van der Waals surface area (Å²) in [5.41, 5.74) is 7.33. The number of hydrogen-bond acceptors (Lipinski definition) is 4. The first-order chi connectivity index (χ1) is 21.1. The normalized spacial score (nSPS) is 11.7. The Morgan fingerprint density at radius 1 is 0.791 bits per heavy atom. The van der Waals surface area contributed by atoms with Gasteiger partial charge in [0.2, 0.25) is 0 Å². The Morgan fingerprint density at radius 3 is 1.88 bits per heavy atom. The average Bonchev–Trinajstić information content (AvgIpc) is 3.69. The molecule has 0 aliphatic heterocycles. The molecule has 0 aliphatic rings. The van der Waals surface area contributed by atoms with Crippen LogP contribution >= 0.6 is 0 Å². The number of aromatic nitrogens is 4. The highest BCUT2D eigenvalue weighted by atomic mass is 16.5. The quantitative estimate of drug-likeness (QED) is 0.158. The summed E-state index contributed by atoms with van der Waals surface area (Å²) in [4.78, 5) is 12.9. The van der Waals surface area contributed by atoms with Crippen LogP contribution in [0.4, 0.5) is 0 Å². The van der Waals surface area contributed by atoms with Crippen LogP contribution in [0.3, 0.4) is 0 Å². The number of rotatable bonds is 7. The number of nitrogens with zero attached hydrogens (tertiary/aromatic N) is 3. The van der Waals surface area contributed by atoms with Crippen molar-refractivity contribution in [3.05, 3.63) is 155 Å². The number of ether oxygens (including phenoxy) is 1. The van der Waals surface area contributed by atoms with Gasteiger partial charge in [-0.1, -0.05) is 121 Å². The van der Waals surface area contributed by atoms with E-state index < -0.39 is 11.5 Å². The number of nitrogens with one attached hydrogen (secondary N) is 1. The minimum absolute atomic E-state index is 0.264. The maximum absolute atomic E-state index is 12.9. The molecular weight excluding hydrogens is 532 g/mol. The standard InChI is InChI=1S/C37H30N4O2/c1-3-43-36(42)35-31-23-30(26-21-19-25(2)20-22-26)34-32(33(31)38-39-35)24-41(40-34)37(27-13-7-4-8-14-27,28-15-9-5-10-16-28)29-17-11-6-12-18-29/h4-24H,3H2,1-2H3,(H,38,39). The molecule has 6 nitrogen and oxygen atoms in total. The van der Waals surface area contributed by atoms with E-state index in [1.807, 2.05) is 24.3 Å². The van der Waals surface area contributed by atoms with Gasteiger partial charge in [-0.15, -0.1) is 0 Å². The number of fused-ring (bicyclic) bond motifs is 3. The third-order valence-electron chi connectivity index (χ3n) is 8.08. The van der Waals surface area contributed by atoms with Crippen LogP contribution in [0.5, 0.6) is 0 Å². The van der Waals surface area contributed by atoms with Gasteiger partial charge < -0.3 is 4.74 Å². The second-order valence-corrected chi connectivity index (χ2v) is 10.6. The average molecular weight is 563 g/mol. The number of H-pyrrole nitrogens is 1. The molecule has 5 aromatic carbocycles. The van der Waals surface area contributed by atoms with E-state index in [1.165, 1.54) is 5.56 Å². The first-order valence-corrected chi connectivity index (χ1v) is 14.4. The van der Waals surface area contributed by atoms with Gasteiger partial charge in [0.1, 0.15) is 11.1 Å². The van der Waals surface area contributed by atoms with Crippen molar-refractivity contribution in [2.45, 2.75) is 19.4 Å². The summed E-state index contributed by atoms with van der Waals surface area (Å²) in [5.74, 6) is -0.456. The van der Waals surface area contributed by atoms with E-state index in [9.17, 15) is 4.79 Å². The van der Waals surface area contributed by atoms with Gasteiger partial charge in [0, 0.05) is 22.5 Å². The van der Waals surface area contributed by atoms with Gasteiger partial charge in [-0.3, -0.25) is 9.78 Å². The predicted octanol–water partition coefficient (Wildman–Crippen LogP) is 7.90. The van der Waals surface area contributed by atoms with Crippen molar-refractivity contribution in [3.63, 3.8) is 0 Å². The fourth-order valence-corrected chi connectivity index (χ4v) is 6.08. The molecule has 1 N–H and O–H groups in total. The van der Waals surface area contributed by atoms with Gasteiger partial charge in [-0.2, -0.15) is 10.2 Å². The maximum Gasteiger partial charge on any atom is 0.359 e. The summed E-state index contributed by atoms with van der Waals surface area (Å²) in [6, 6.07) is 41.8. The molecule has 0 saturated carbocycles. The highest BCUT2D eigenvalue weighted by Gasteiger charge is 2.40. The van der Waals surface area contributed by atoms with Crippen LogP contribution in [0.25, 0.3) is 32.9 Å². The number of carbonyl (C=O) groups excluding carboxylic acids is 1. The predicted molar refractivity (Wildman–Crippen MR) is 170 cm³/mol. The molecule has 0 aliphatic carbocycles. The monoisotopic (exact) mass is 562 g/mol. The number of esters is 1. The van der Waals surface area contributed by atoms with Crippen LogP contribution in [-0.2, 0) is 10.3 Å². The van der Waals surface area contributed by atoms with Crippen molar-refractivity contribution in [1.82, 2.24) is 20.0 Å². The van der Waals surface area contributed by atoms with Crippen LogP contribution in [-0.4, -0.2) is 32.6 Å². The van der Waals surface area contributed by atoms with E-state index in [0.29, 0.717) is 5.39 Å². The van der Waals surface area contributed by atoms with Gasteiger partial charge in [0.05, 0.1) is 12.1 Å². The number of benzene rings is 5. The van der Waals surface area contributed by atoms with E-state index in [4.69, 9.17) is 9.84 Å². The Kier molecular flexibility index (Phi) is 6.59. The molecule has 43 heavy (non-hydrogen) atoms. The molecule has 0 radical (unpaired) electrons. The van der Waals surface area contributed by atoms with Crippen LogP contribution < -0.4 is 0 Å². The largest absolute Gasteiger partial charge is 0.461 e. The van der Waals surface area contributed by atoms with Crippen molar-refractivity contribution in [3.8, 4) is 11.1 Å². The molecule has 0 atom stereocenters. The fraction of sp³-hybridized carbons (Fsp3) is 0.108. The number of aromatic amines is 1. The molecule has 7 aromatic rings. The Labute approximate surface area is 249 Å². The van der Waals surface area contributed by atoms with Crippen LogP contribution in [0.2, 0.25) is 0 Å². The van der Waals surface area contributed by atoms with Gasteiger partial charge in [0.25, 0.3) is 0 Å². The maximum atomic E-state index is 12.9. The third-order valence-corrected chi connectivity index (χ3v) is 8.08. The molecule has 210 valence electrons. The minimum Gasteiger partial charge on any atom is -0.461 e. The summed E-state index contributed by atoms with van der Waals surface area (Å²) >= 11 is 0. The highest BCUT2D eigenvalue weighted by Crippen LogP contribution is 2.43. The lowest BCUT2D eigenvalue weighted by Gasteiger charge is -2.36. The van der Waals surface area contributed by atoms with Crippen molar-refractivity contribution < 1.29 is 9.53 Å². The Bertz CT molecular complexity index is 1950. The van der Waals surface area contributed by atoms with E-state index in [0.717, 1.165) is 44.2 Å². The minimum atomic E-state index is -0.788. The van der Waals surface area contributed by atoms with E-state index in [1.54, 1.807) is 6.92 Å². The molecule has 0 fully saturated rings. The molecule has 2 heterocycles. The highest BCUT2D eigenvalue weighted by molar-refractivity contribution is 6.15. The van der Waals surface area contributed by atoms with Crippen molar-refractivity contribution in [1.29, 1.82) is 0 Å². The van der Waals surface area contributed by atoms with Gasteiger partial charge in [-0.05, 0) is 42.2 Å². The number of aryl methyl sites for hydroxylation is 1. The van der Waals surface area contributed by atoms with Crippen LogP contribution in [0.15, 0.2) is 128 Å². The SMILES string of the molecule is CCOC(=O)c1n[nH]c2c1cc(-c1ccc(C)cc1)c1nn(C(c3ccccc3)(c3ccccc3)c3ccccc3)cc12. The Balaban J connectivity index is 1.61. The zero-order chi connectivity index (χ0) is 29.4. The van der Waals surface area contributed by atoms with Crippen LogP contribution in [0.1, 0.15) is 39.7 Å². The summed E-state index contributed by atoms with van der Waals surface area (Å²) < 4.78 is 7.43. The van der Waals surface area contributed by atoms with Crippen LogP contribution in [0, 0.1) is 6.92 Å². The zero-order valence-electron chi connectivity index (χ0n) is 24.0. The lowest BCUT2D eigenvalue weighted by atomic mass is 9.77.